The summed E-state index contributed by atoms with van der Waals surface area (Å²) in [6.07, 6.45) is 0. The smallest absolute Gasteiger partial charge is 0.335 e. The van der Waals surface area contributed by atoms with E-state index >= 15 is 0 Å². The summed E-state index contributed by atoms with van der Waals surface area (Å²) in [5, 5.41) is 9.97. The van der Waals surface area contributed by atoms with Crippen LogP contribution in [-0.4, -0.2) is 18.2 Å². The first-order valence-electron chi connectivity index (χ1n) is 7.75. The second-order valence-corrected chi connectivity index (χ2v) is 6.83. The molecule has 0 saturated carbocycles. The highest BCUT2D eigenvalue weighted by Gasteiger charge is 2.20. The third-order valence-electron chi connectivity index (χ3n) is 4.06. The molecule has 0 aliphatic carbocycles. The Morgan fingerprint density at radius 2 is 1.83 bits per heavy atom. The summed E-state index contributed by atoms with van der Waals surface area (Å²) in [5.74, 6) is 0.588. The third kappa shape index (κ3) is 2.87. The number of carboxylic acid groups (broad SMARTS) is 1. The molecule has 3 rings (SSSR count). The van der Waals surface area contributed by atoms with Gasteiger partial charge in [0.25, 0.3) is 0 Å². The second-order valence-electron chi connectivity index (χ2n) is 6.83. The van der Waals surface area contributed by atoms with Crippen LogP contribution in [0.15, 0.2) is 46.9 Å². The van der Waals surface area contributed by atoms with Crippen LogP contribution in [0.3, 0.4) is 0 Å². The molecule has 1 N–H and O–H groups in total. The monoisotopic (exact) mass is 324 g/mol. The van der Waals surface area contributed by atoms with Gasteiger partial charge in [0.1, 0.15) is 17.1 Å². The first kappa shape index (κ1) is 16.1. The van der Waals surface area contributed by atoms with Gasteiger partial charge in [0, 0.05) is 16.5 Å². The maximum absolute atomic E-state index is 11.1. The van der Waals surface area contributed by atoms with Crippen LogP contribution in [0.1, 0.15) is 36.7 Å². The van der Waals surface area contributed by atoms with Gasteiger partial charge < -0.3 is 14.3 Å². The summed E-state index contributed by atoms with van der Waals surface area (Å²) in [4.78, 5) is 11.1. The molecule has 2 aromatic carbocycles. The molecule has 1 aromatic heterocycles. The minimum absolute atomic E-state index is 0.0656. The predicted molar refractivity (Wildman–Crippen MR) is 93.9 cm³/mol. The van der Waals surface area contributed by atoms with Crippen molar-refractivity contribution in [3.63, 3.8) is 0 Å². The highest BCUT2D eigenvalue weighted by molar-refractivity contribution is 5.93. The Morgan fingerprint density at radius 1 is 1.08 bits per heavy atom. The number of aromatic carboxylic acids is 1. The molecule has 0 spiro atoms. The maximum atomic E-state index is 11.1. The molecule has 1 heterocycles. The fourth-order valence-corrected chi connectivity index (χ4v) is 2.75. The van der Waals surface area contributed by atoms with Crippen molar-refractivity contribution in [3.8, 4) is 17.1 Å². The first-order chi connectivity index (χ1) is 11.3. The molecule has 0 atom stereocenters. The SMILES string of the molecule is COc1ccc(-c2cc3ccc(C(=O)O)cc3o2)cc1C(C)(C)C. The molecule has 124 valence electrons. The topological polar surface area (TPSA) is 59.7 Å². The van der Waals surface area contributed by atoms with E-state index in [-0.39, 0.29) is 11.0 Å². The Hall–Kier alpha value is -2.75. The van der Waals surface area contributed by atoms with E-state index in [1.165, 1.54) is 0 Å². The predicted octanol–water partition coefficient (Wildman–Crippen LogP) is 5.10. The van der Waals surface area contributed by atoms with Crippen molar-refractivity contribution in [2.75, 3.05) is 7.11 Å². The summed E-state index contributed by atoms with van der Waals surface area (Å²) in [7, 11) is 1.67. The van der Waals surface area contributed by atoms with Gasteiger partial charge in [-0.1, -0.05) is 26.8 Å². The van der Waals surface area contributed by atoms with Gasteiger partial charge in [0.15, 0.2) is 0 Å². The van der Waals surface area contributed by atoms with Gasteiger partial charge in [0.2, 0.25) is 0 Å². The Morgan fingerprint density at radius 3 is 2.46 bits per heavy atom. The van der Waals surface area contributed by atoms with E-state index in [4.69, 9.17) is 14.3 Å². The van der Waals surface area contributed by atoms with Gasteiger partial charge in [-0.15, -0.1) is 0 Å². The number of methoxy groups -OCH3 is 1. The lowest BCUT2D eigenvalue weighted by Gasteiger charge is -2.22. The molecule has 4 heteroatoms. The molecule has 4 nitrogen and oxygen atoms in total. The maximum Gasteiger partial charge on any atom is 0.335 e. The Kier molecular flexibility index (Phi) is 3.84. The van der Waals surface area contributed by atoms with E-state index in [0.717, 1.165) is 22.3 Å². The molecular weight excluding hydrogens is 304 g/mol. The number of hydrogen-bond donors (Lipinski definition) is 1. The van der Waals surface area contributed by atoms with Gasteiger partial charge in [-0.3, -0.25) is 0 Å². The van der Waals surface area contributed by atoms with Crippen LogP contribution in [0, 0.1) is 0 Å². The minimum Gasteiger partial charge on any atom is -0.496 e. The highest BCUT2D eigenvalue weighted by atomic mass is 16.5. The fourth-order valence-electron chi connectivity index (χ4n) is 2.75. The highest BCUT2D eigenvalue weighted by Crippen LogP contribution is 2.36. The van der Waals surface area contributed by atoms with Crippen molar-refractivity contribution in [1.82, 2.24) is 0 Å². The van der Waals surface area contributed by atoms with E-state index in [1.54, 1.807) is 25.3 Å². The van der Waals surface area contributed by atoms with Gasteiger partial charge in [-0.2, -0.15) is 0 Å². The van der Waals surface area contributed by atoms with Crippen molar-refractivity contribution >= 4 is 16.9 Å². The fraction of sp³-hybridized carbons (Fsp3) is 0.250. The second kappa shape index (κ2) is 5.71. The minimum atomic E-state index is -0.964. The van der Waals surface area contributed by atoms with Crippen LogP contribution in [0.4, 0.5) is 0 Å². The zero-order valence-corrected chi connectivity index (χ0v) is 14.2. The normalized spacial score (nSPS) is 11.7. The van der Waals surface area contributed by atoms with E-state index in [2.05, 4.69) is 26.8 Å². The lowest BCUT2D eigenvalue weighted by molar-refractivity contribution is 0.0697. The van der Waals surface area contributed by atoms with Crippen LogP contribution >= 0.6 is 0 Å². The van der Waals surface area contributed by atoms with Gasteiger partial charge in [-0.25, -0.2) is 4.79 Å². The van der Waals surface area contributed by atoms with Crippen molar-refractivity contribution in [1.29, 1.82) is 0 Å². The van der Waals surface area contributed by atoms with Crippen molar-refractivity contribution in [2.24, 2.45) is 0 Å². The van der Waals surface area contributed by atoms with Crippen LogP contribution in [0.5, 0.6) is 5.75 Å². The van der Waals surface area contributed by atoms with E-state index < -0.39 is 5.97 Å². The average Bonchev–Trinajstić information content (AvgIpc) is 2.96. The molecule has 0 bridgehead atoms. The molecule has 0 aliphatic heterocycles. The first-order valence-corrected chi connectivity index (χ1v) is 7.75. The van der Waals surface area contributed by atoms with E-state index in [0.29, 0.717) is 11.3 Å². The van der Waals surface area contributed by atoms with Crippen LogP contribution < -0.4 is 4.74 Å². The third-order valence-corrected chi connectivity index (χ3v) is 4.06. The number of carboxylic acids is 1. The summed E-state index contributed by atoms with van der Waals surface area (Å²) in [5.41, 5.74) is 2.75. The molecule has 0 amide bonds. The van der Waals surface area contributed by atoms with Crippen LogP contribution in [-0.2, 0) is 5.41 Å². The summed E-state index contributed by atoms with van der Waals surface area (Å²) >= 11 is 0. The van der Waals surface area contributed by atoms with Gasteiger partial charge in [0.05, 0.1) is 12.7 Å². The standard InChI is InChI=1S/C20H20O4/c1-20(2,3)15-9-12(7-8-16(15)23-4)17-10-13-5-6-14(19(21)22)11-18(13)24-17/h5-11H,1-4H3,(H,21,22). The molecular formula is C20H20O4. The van der Waals surface area contributed by atoms with Crippen molar-refractivity contribution in [2.45, 2.75) is 26.2 Å². The largest absolute Gasteiger partial charge is 0.496 e. The molecule has 24 heavy (non-hydrogen) atoms. The number of benzene rings is 2. The van der Waals surface area contributed by atoms with Crippen molar-refractivity contribution in [3.05, 3.63) is 53.6 Å². The Bertz CT molecular complexity index is 913. The summed E-state index contributed by atoms with van der Waals surface area (Å²) < 4.78 is 11.3. The van der Waals surface area contributed by atoms with Crippen LogP contribution in [0.25, 0.3) is 22.3 Å². The van der Waals surface area contributed by atoms with E-state index in [1.807, 2.05) is 18.2 Å². The number of furan rings is 1. The van der Waals surface area contributed by atoms with Gasteiger partial charge >= 0.3 is 5.97 Å². The molecule has 0 unspecified atom stereocenters. The zero-order chi connectivity index (χ0) is 17.5. The number of ether oxygens (including phenoxy) is 1. The van der Waals surface area contributed by atoms with Crippen molar-refractivity contribution < 1.29 is 19.1 Å². The quantitative estimate of drug-likeness (QED) is 0.728. The molecule has 0 fully saturated rings. The number of fused-ring (bicyclic) bond motifs is 1. The Balaban J connectivity index is 2.12. The zero-order valence-electron chi connectivity index (χ0n) is 14.2. The summed E-state index contributed by atoms with van der Waals surface area (Å²) in [6, 6.07) is 12.8. The number of hydrogen-bond acceptors (Lipinski definition) is 3. The lowest BCUT2D eigenvalue weighted by atomic mass is 9.85. The molecule has 3 aromatic rings. The Labute approximate surface area is 140 Å². The summed E-state index contributed by atoms with van der Waals surface area (Å²) in [6.45, 7) is 6.39. The number of rotatable bonds is 3. The van der Waals surface area contributed by atoms with Crippen LogP contribution in [0.2, 0.25) is 0 Å². The van der Waals surface area contributed by atoms with Gasteiger partial charge in [-0.05, 0) is 41.8 Å². The molecule has 0 radical (unpaired) electrons. The molecule has 0 aliphatic rings. The molecule has 0 saturated heterocycles. The number of carbonyl (C=O) groups is 1. The average molecular weight is 324 g/mol. The lowest BCUT2D eigenvalue weighted by Crippen LogP contribution is -2.12. The van der Waals surface area contributed by atoms with E-state index in [9.17, 15) is 4.79 Å².